The van der Waals surface area contributed by atoms with Crippen LogP contribution in [0.4, 0.5) is 0 Å². The van der Waals surface area contributed by atoms with Crippen LogP contribution in [0, 0.1) is 5.41 Å². The van der Waals surface area contributed by atoms with Crippen LogP contribution in [0.15, 0.2) is 43.0 Å². The molecule has 0 spiro atoms. The molecule has 2 heteroatoms. The molecular weight excluding hydrogens is 198 g/mol. The summed E-state index contributed by atoms with van der Waals surface area (Å²) in [5.41, 5.74) is 1.36. The van der Waals surface area contributed by atoms with Crippen molar-refractivity contribution in [2.75, 3.05) is 6.54 Å². The van der Waals surface area contributed by atoms with Crippen LogP contribution in [0.2, 0.25) is 0 Å². The summed E-state index contributed by atoms with van der Waals surface area (Å²) in [5.74, 6) is 0.0215. The summed E-state index contributed by atoms with van der Waals surface area (Å²) in [6, 6.07) is 10.4. The molecule has 2 rings (SSSR count). The highest BCUT2D eigenvalue weighted by Crippen LogP contribution is 2.48. The molecule has 1 unspecified atom stereocenters. The summed E-state index contributed by atoms with van der Waals surface area (Å²) < 4.78 is 0. The lowest BCUT2D eigenvalue weighted by Crippen LogP contribution is -2.57. The molecule has 1 atom stereocenters. The van der Waals surface area contributed by atoms with E-state index in [1.165, 1.54) is 11.6 Å². The van der Waals surface area contributed by atoms with Gasteiger partial charge in [0.05, 0.1) is 6.04 Å². The van der Waals surface area contributed by atoms with Crippen LogP contribution in [0.1, 0.15) is 25.5 Å². The van der Waals surface area contributed by atoms with Crippen molar-refractivity contribution in [1.29, 1.82) is 0 Å². The van der Waals surface area contributed by atoms with Gasteiger partial charge in [0, 0.05) is 12.0 Å². The van der Waals surface area contributed by atoms with Crippen molar-refractivity contribution in [3.05, 3.63) is 48.6 Å². The fraction of sp³-hybridized carbons (Fsp3) is 0.357. The predicted molar refractivity (Wildman–Crippen MR) is 64.9 cm³/mol. The first-order valence-electron chi connectivity index (χ1n) is 5.54. The highest BCUT2D eigenvalue weighted by Gasteiger charge is 2.47. The third kappa shape index (κ3) is 1.64. The molecule has 1 aromatic rings. The van der Waals surface area contributed by atoms with Gasteiger partial charge in [-0.3, -0.25) is 4.79 Å². The SMILES string of the molecule is C=CC(=O)N1CC(C)(C)C1c1ccccc1. The lowest BCUT2D eigenvalue weighted by atomic mass is 9.71. The van der Waals surface area contributed by atoms with Gasteiger partial charge in [-0.25, -0.2) is 0 Å². The van der Waals surface area contributed by atoms with Gasteiger partial charge in [-0.15, -0.1) is 0 Å². The molecule has 0 aliphatic carbocycles. The number of benzene rings is 1. The Balaban J connectivity index is 2.29. The molecule has 16 heavy (non-hydrogen) atoms. The molecule has 0 bridgehead atoms. The molecule has 1 amide bonds. The van der Waals surface area contributed by atoms with Gasteiger partial charge in [-0.1, -0.05) is 50.8 Å². The molecule has 1 saturated heterocycles. The normalized spacial score (nSPS) is 22.4. The van der Waals surface area contributed by atoms with Gasteiger partial charge >= 0.3 is 0 Å². The maximum Gasteiger partial charge on any atom is 0.246 e. The van der Waals surface area contributed by atoms with E-state index in [4.69, 9.17) is 0 Å². The quantitative estimate of drug-likeness (QED) is 0.695. The second kappa shape index (κ2) is 3.78. The number of rotatable bonds is 2. The summed E-state index contributed by atoms with van der Waals surface area (Å²) in [5, 5.41) is 0. The highest BCUT2D eigenvalue weighted by molar-refractivity contribution is 5.88. The molecule has 0 aromatic heterocycles. The largest absolute Gasteiger partial charge is 0.331 e. The van der Waals surface area contributed by atoms with Crippen LogP contribution in [0.5, 0.6) is 0 Å². The molecule has 1 heterocycles. The van der Waals surface area contributed by atoms with Crippen molar-refractivity contribution < 1.29 is 4.79 Å². The minimum atomic E-state index is 0.0215. The Kier molecular flexibility index (Phi) is 2.58. The zero-order valence-corrected chi connectivity index (χ0v) is 9.81. The maximum atomic E-state index is 11.7. The van der Waals surface area contributed by atoms with Crippen molar-refractivity contribution >= 4 is 5.91 Å². The van der Waals surface area contributed by atoms with Crippen molar-refractivity contribution in [2.45, 2.75) is 19.9 Å². The fourth-order valence-corrected chi connectivity index (χ4v) is 2.52. The second-order valence-electron chi connectivity index (χ2n) is 4.97. The Bertz CT molecular complexity index is 408. The van der Waals surface area contributed by atoms with E-state index in [0.717, 1.165) is 6.54 Å². The molecule has 84 valence electrons. The van der Waals surface area contributed by atoms with Crippen molar-refractivity contribution in [3.63, 3.8) is 0 Å². The Labute approximate surface area is 96.6 Å². The summed E-state index contributed by atoms with van der Waals surface area (Å²) in [6.45, 7) is 8.74. The van der Waals surface area contributed by atoms with Gasteiger partial charge in [0.1, 0.15) is 0 Å². The average Bonchev–Trinajstić information content (AvgIpc) is 2.26. The van der Waals surface area contributed by atoms with Crippen molar-refractivity contribution in [1.82, 2.24) is 4.90 Å². The number of carbonyl (C=O) groups is 1. The average molecular weight is 215 g/mol. The highest BCUT2D eigenvalue weighted by atomic mass is 16.2. The van der Waals surface area contributed by atoms with Gasteiger partial charge in [0.25, 0.3) is 0 Å². The topological polar surface area (TPSA) is 20.3 Å². The Hall–Kier alpha value is -1.57. The zero-order valence-electron chi connectivity index (χ0n) is 9.81. The molecule has 0 saturated carbocycles. The zero-order chi connectivity index (χ0) is 11.8. The molecule has 1 fully saturated rings. The monoisotopic (exact) mass is 215 g/mol. The smallest absolute Gasteiger partial charge is 0.246 e. The van der Waals surface area contributed by atoms with E-state index in [1.54, 1.807) is 0 Å². The standard InChI is InChI=1S/C14H17NO/c1-4-12(16)15-10-14(2,3)13(15)11-8-6-5-7-9-11/h4-9,13H,1,10H2,2-3H3. The first kappa shape index (κ1) is 10.9. The molecule has 1 aliphatic rings. The van der Waals surface area contributed by atoms with E-state index in [0.29, 0.717) is 0 Å². The van der Waals surface area contributed by atoms with Crippen LogP contribution >= 0.6 is 0 Å². The van der Waals surface area contributed by atoms with Crippen molar-refractivity contribution in [3.8, 4) is 0 Å². The van der Waals surface area contributed by atoms with E-state index in [-0.39, 0.29) is 17.4 Å². The van der Waals surface area contributed by atoms with Gasteiger partial charge in [-0.05, 0) is 11.6 Å². The third-order valence-electron chi connectivity index (χ3n) is 3.20. The maximum absolute atomic E-state index is 11.7. The predicted octanol–water partition coefficient (Wildman–Crippen LogP) is 2.78. The number of hydrogen-bond acceptors (Lipinski definition) is 1. The lowest BCUT2D eigenvalue weighted by Gasteiger charge is -2.54. The third-order valence-corrected chi connectivity index (χ3v) is 3.20. The first-order chi connectivity index (χ1) is 7.56. The molecule has 1 aliphatic heterocycles. The van der Waals surface area contributed by atoms with Crippen LogP contribution in [-0.4, -0.2) is 17.4 Å². The van der Waals surface area contributed by atoms with Gasteiger partial charge < -0.3 is 4.90 Å². The van der Waals surface area contributed by atoms with E-state index < -0.39 is 0 Å². The summed E-state index contributed by atoms with van der Waals surface area (Å²) in [6.07, 6.45) is 1.39. The lowest BCUT2D eigenvalue weighted by molar-refractivity contribution is -0.146. The number of hydrogen-bond donors (Lipinski definition) is 0. The minimum Gasteiger partial charge on any atom is -0.331 e. The van der Waals surface area contributed by atoms with Gasteiger partial charge in [-0.2, -0.15) is 0 Å². The van der Waals surface area contributed by atoms with Crippen LogP contribution in [0.25, 0.3) is 0 Å². The van der Waals surface area contributed by atoms with Crippen molar-refractivity contribution in [2.24, 2.45) is 5.41 Å². The molecular formula is C14H17NO. The number of nitrogens with zero attached hydrogens (tertiary/aromatic N) is 1. The number of likely N-dealkylation sites (tertiary alicyclic amines) is 1. The Morgan fingerprint density at radius 3 is 2.56 bits per heavy atom. The molecule has 0 N–H and O–H groups in total. The van der Waals surface area contributed by atoms with Crippen LogP contribution < -0.4 is 0 Å². The van der Waals surface area contributed by atoms with Gasteiger partial charge in [0.2, 0.25) is 5.91 Å². The summed E-state index contributed by atoms with van der Waals surface area (Å²) in [7, 11) is 0. The van der Waals surface area contributed by atoms with E-state index in [9.17, 15) is 4.79 Å². The minimum absolute atomic E-state index is 0.0215. The summed E-state index contributed by atoms with van der Waals surface area (Å²) >= 11 is 0. The second-order valence-corrected chi connectivity index (χ2v) is 4.97. The molecule has 0 radical (unpaired) electrons. The fourth-order valence-electron chi connectivity index (χ4n) is 2.52. The van der Waals surface area contributed by atoms with Crippen LogP contribution in [-0.2, 0) is 4.79 Å². The first-order valence-corrected chi connectivity index (χ1v) is 5.54. The number of carbonyl (C=O) groups excluding carboxylic acids is 1. The molecule has 2 nitrogen and oxygen atoms in total. The van der Waals surface area contributed by atoms with Gasteiger partial charge in [0.15, 0.2) is 0 Å². The van der Waals surface area contributed by atoms with E-state index in [1.807, 2.05) is 23.1 Å². The Morgan fingerprint density at radius 1 is 1.44 bits per heavy atom. The van der Waals surface area contributed by atoms with E-state index >= 15 is 0 Å². The van der Waals surface area contributed by atoms with E-state index in [2.05, 4.69) is 32.6 Å². The van der Waals surface area contributed by atoms with Crippen LogP contribution in [0.3, 0.4) is 0 Å². The number of amides is 1. The molecule has 1 aromatic carbocycles. The Morgan fingerprint density at radius 2 is 2.06 bits per heavy atom. The summed E-state index contributed by atoms with van der Waals surface area (Å²) in [4.78, 5) is 13.6.